The number of carbonyl (C=O) groups is 1. The second-order valence-electron chi connectivity index (χ2n) is 4.76. The number of benzene rings is 1. The van der Waals surface area contributed by atoms with Crippen molar-refractivity contribution < 1.29 is 4.79 Å². The maximum atomic E-state index is 11.9. The van der Waals surface area contributed by atoms with Gasteiger partial charge in [0.05, 0.1) is 6.54 Å². The van der Waals surface area contributed by atoms with Crippen LogP contribution >= 0.6 is 0 Å². The van der Waals surface area contributed by atoms with E-state index in [1.165, 1.54) is 5.56 Å². The number of aliphatic imine (C=N–C) groups is 1. The number of carbonyl (C=O) groups excluding carboxylic acids is 1. The SMILES string of the molecule is O=C(CCc1ccccc1)NC1CN2N=CC=CC2=N1. The van der Waals surface area contributed by atoms with Gasteiger partial charge in [-0.25, -0.2) is 10.0 Å². The zero-order chi connectivity index (χ0) is 13.8. The summed E-state index contributed by atoms with van der Waals surface area (Å²) in [6, 6.07) is 10.0. The molecular formula is C15H16N4O. The summed E-state index contributed by atoms with van der Waals surface area (Å²) in [5.41, 5.74) is 1.17. The molecule has 1 unspecified atom stereocenters. The van der Waals surface area contributed by atoms with Gasteiger partial charge in [-0.15, -0.1) is 0 Å². The largest absolute Gasteiger partial charge is 0.333 e. The van der Waals surface area contributed by atoms with Crippen LogP contribution in [-0.2, 0) is 11.2 Å². The second kappa shape index (κ2) is 5.69. The van der Waals surface area contributed by atoms with E-state index in [0.29, 0.717) is 13.0 Å². The molecule has 0 spiro atoms. The zero-order valence-corrected chi connectivity index (χ0v) is 11.1. The van der Waals surface area contributed by atoms with E-state index in [4.69, 9.17) is 0 Å². The van der Waals surface area contributed by atoms with Gasteiger partial charge in [0.25, 0.3) is 0 Å². The molecule has 20 heavy (non-hydrogen) atoms. The Bertz CT molecular complexity index is 577. The molecule has 1 atom stereocenters. The highest BCUT2D eigenvalue weighted by atomic mass is 16.1. The number of amides is 1. The molecule has 1 aromatic rings. The number of hydrazone groups is 1. The van der Waals surface area contributed by atoms with Gasteiger partial charge in [0, 0.05) is 12.6 Å². The Kier molecular flexibility index (Phi) is 3.58. The molecule has 2 aliphatic heterocycles. The minimum Gasteiger partial charge on any atom is -0.333 e. The van der Waals surface area contributed by atoms with Crippen molar-refractivity contribution in [2.45, 2.75) is 19.0 Å². The van der Waals surface area contributed by atoms with Crippen molar-refractivity contribution in [3.63, 3.8) is 0 Å². The van der Waals surface area contributed by atoms with Crippen molar-refractivity contribution in [1.82, 2.24) is 10.3 Å². The summed E-state index contributed by atoms with van der Waals surface area (Å²) in [4.78, 5) is 16.3. The van der Waals surface area contributed by atoms with E-state index in [9.17, 15) is 4.79 Å². The molecule has 0 saturated carbocycles. The number of rotatable bonds is 4. The number of nitrogens with zero attached hydrogens (tertiary/aromatic N) is 3. The lowest BCUT2D eigenvalue weighted by molar-refractivity contribution is -0.121. The van der Waals surface area contributed by atoms with E-state index in [-0.39, 0.29) is 12.1 Å². The van der Waals surface area contributed by atoms with Crippen LogP contribution in [0.1, 0.15) is 12.0 Å². The third-order valence-corrected chi connectivity index (χ3v) is 3.25. The molecular weight excluding hydrogens is 252 g/mol. The molecule has 0 aromatic heterocycles. The highest BCUT2D eigenvalue weighted by molar-refractivity contribution is 5.99. The van der Waals surface area contributed by atoms with Crippen LogP contribution in [0, 0.1) is 0 Å². The number of hydrogen-bond donors (Lipinski definition) is 1. The summed E-state index contributed by atoms with van der Waals surface area (Å²) >= 11 is 0. The van der Waals surface area contributed by atoms with Crippen LogP contribution in [0.5, 0.6) is 0 Å². The van der Waals surface area contributed by atoms with Crippen LogP contribution in [0.3, 0.4) is 0 Å². The van der Waals surface area contributed by atoms with Gasteiger partial charge < -0.3 is 5.32 Å². The fourth-order valence-corrected chi connectivity index (χ4v) is 2.25. The summed E-state index contributed by atoms with van der Waals surface area (Å²) in [5, 5.41) is 8.91. The van der Waals surface area contributed by atoms with Crippen LogP contribution in [0.2, 0.25) is 0 Å². The third kappa shape index (κ3) is 2.93. The highest BCUT2D eigenvalue weighted by Gasteiger charge is 2.25. The van der Waals surface area contributed by atoms with E-state index in [1.54, 1.807) is 11.2 Å². The molecule has 1 amide bonds. The summed E-state index contributed by atoms with van der Waals surface area (Å²) in [6.07, 6.45) is 6.48. The molecule has 0 fully saturated rings. The van der Waals surface area contributed by atoms with Crippen molar-refractivity contribution in [3.05, 3.63) is 48.0 Å². The summed E-state index contributed by atoms with van der Waals surface area (Å²) in [6.45, 7) is 0.604. The molecule has 3 rings (SSSR count). The number of amidine groups is 1. The highest BCUT2D eigenvalue weighted by Crippen LogP contribution is 2.11. The summed E-state index contributed by atoms with van der Waals surface area (Å²) < 4.78 is 0. The van der Waals surface area contributed by atoms with Crippen molar-refractivity contribution in [1.29, 1.82) is 0 Å². The van der Waals surface area contributed by atoms with E-state index in [0.717, 1.165) is 12.3 Å². The summed E-state index contributed by atoms with van der Waals surface area (Å²) in [7, 11) is 0. The molecule has 0 radical (unpaired) electrons. The predicted octanol–water partition coefficient (Wildman–Crippen LogP) is 1.33. The quantitative estimate of drug-likeness (QED) is 0.895. The second-order valence-corrected chi connectivity index (χ2v) is 4.76. The molecule has 0 aliphatic carbocycles. The first-order valence-electron chi connectivity index (χ1n) is 6.70. The first-order chi connectivity index (χ1) is 9.81. The van der Waals surface area contributed by atoms with Crippen molar-refractivity contribution in [2.24, 2.45) is 10.1 Å². The molecule has 1 aromatic carbocycles. The fraction of sp³-hybridized carbons (Fsp3) is 0.267. The van der Waals surface area contributed by atoms with Crippen LogP contribution in [0.4, 0.5) is 0 Å². The number of hydrogen-bond acceptors (Lipinski definition) is 4. The normalized spacial score (nSPS) is 19.7. The standard InChI is InChI=1S/C15H16N4O/c20-15(9-8-12-5-2-1-3-6-12)18-13-11-19-14(17-13)7-4-10-16-19/h1-7,10,13H,8-9,11H2,(H,18,20). The van der Waals surface area contributed by atoms with Crippen molar-refractivity contribution in [2.75, 3.05) is 6.54 Å². The first-order valence-corrected chi connectivity index (χ1v) is 6.70. The molecule has 0 saturated heterocycles. The van der Waals surface area contributed by atoms with Crippen LogP contribution in [0.25, 0.3) is 0 Å². The monoisotopic (exact) mass is 268 g/mol. The number of aryl methyl sites for hydroxylation is 1. The molecule has 5 nitrogen and oxygen atoms in total. The Balaban J connectivity index is 1.49. The van der Waals surface area contributed by atoms with Gasteiger partial charge >= 0.3 is 0 Å². The smallest absolute Gasteiger partial charge is 0.222 e. The minimum atomic E-state index is -0.201. The third-order valence-electron chi connectivity index (χ3n) is 3.25. The Labute approximate surface area is 117 Å². The van der Waals surface area contributed by atoms with E-state index in [2.05, 4.69) is 15.4 Å². The molecule has 0 bridgehead atoms. The lowest BCUT2D eigenvalue weighted by Gasteiger charge is -2.14. The number of fused-ring (bicyclic) bond motifs is 1. The molecule has 2 heterocycles. The lowest BCUT2D eigenvalue weighted by atomic mass is 10.1. The fourth-order valence-electron chi connectivity index (χ4n) is 2.25. The van der Waals surface area contributed by atoms with Crippen molar-refractivity contribution >= 4 is 18.0 Å². The average molecular weight is 268 g/mol. The Morgan fingerprint density at radius 3 is 3.00 bits per heavy atom. The van der Waals surface area contributed by atoms with E-state index >= 15 is 0 Å². The first kappa shape index (κ1) is 12.6. The lowest BCUT2D eigenvalue weighted by Crippen LogP contribution is -2.37. The van der Waals surface area contributed by atoms with Gasteiger partial charge in [0.15, 0.2) is 0 Å². The van der Waals surface area contributed by atoms with Crippen molar-refractivity contribution in [3.8, 4) is 0 Å². The minimum absolute atomic E-state index is 0.0241. The Morgan fingerprint density at radius 2 is 2.20 bits per heavy atom. The Hall–Kier alpha value is -2.43. The Morgan fingerprint density at radius 1 is 1.35 bits per heavy atom. The van der Waals surface area contributed by atoms with Gasteiger partial charge in [-0.2, -0.15) is 5.10 Å². The predicted molar refractivity (Wildman–Crippen MR) is 78.5 cm³/mol. The van der Waals surface area contributed by atoms with E-state index < -0.39 is 0 Å². The molecule has 2 aliphatic rings. The number of nitrogens with one attached hydrogen (secondary N) is 1. The van der Waals surface area contributed by atoms with E-state index in [1.807, 2.05) is 42.5 Å². The maximum Gasteiger partial charge on any atom is 0.222 e. The van der Waals surface area contributed by atoms with Crippen LogP contribution in [-0.4, -0.2) is 35.7 Å². The van der Waals surface area contributed by atoms with Gasteiger partial charge in [0.1, 0.15) is 12.0 Å². The number of allylic oxidation sites excluding steroid dienone is 1. The molecule has 1 N–H and O–H groups in total. The molecule has 102 valence electrons. The maximum absolute atomic E-state index is 11.9. The van der Waals surface area contributed by atoms with Gasteiger partial charge in [0.2, 0.25) is 5.91 Å². The topological polar surface area (TPSA) is 57.1 Å². The summed E-state index contributed by atoms with van der Waals surface area (Å²) in [5.74, 6) is 0.830. The average Bonchev–Trinajstić information content (AvgIpc) is 2.88. The van der Waals surface area contributed by atoms with Crippen LogP contribution in [0.15, 0.2) is 52.6 Å². The molecule has 5 heteroatoms. The van der Waals surface area contributed by atoms with Gasteiger partial charge in [-0.3, -0.25) is 4.79 Å². The van der Waals surface area contributed by atoms with Gasteiger partial charge in [-0.05, 0) is 24.1 Å². The van der Waals surface area contributed by atoms with Gasteiger partial charge in [-0.1, -0.05) is 30.3 Å². The van der Waals surface area contributed by atoms with Crippen LogP contribution < -0.4 is 5.32 Å². The zero-order valence-electron chi connectivity index (χ0n) is 11.1.